The van der Waals surface area contributed by atoms with Crippen LogP contribution in [0.15, 0.2) is 42.9 Å². The van der Waals surface area contributed by atoms with Gasteiger partial charge in [-0.2, -0.15) is 5.26 Å². The Hall–Kier alpha value is -4.51. The van der Waals surface area contributed by atoms with E-state index in [4.69, 9.17) is 20.8 Å². The number of nitrogens with two attached hydrogens (primary N) is 1. The lowest BCUT2D eigenvalue weighted by Gasteiger charge is -2.18. The molecule has 1 aliphatic heterocycles. The smallest absolute Gasteiger partial charge is 0.339 e. The number of hydrogen-bond acceptors (Lipinski definition) is 9. The molecule has 190 valence electrons. The van der Waals surface area contributed by atoms with Crippen molar-refractivity contribution in [2.75, 3.05) is 11.9 Å². The van der Waals surface area contributed by atoms with Gasteiger partial charge >= 0.3 is 5.97 Å². The molecule has 0 unspecified atom stereocenters. The third-order valence-electron chi connectivity index (χ3n) is 5.01. The molecule has 4 heterocycles. The maximum atomic E-state index is 12.5. The highest BCUT2D eigenvalue weighted by molar-refractivity contribution is 7.12. The van der Waals surface area contributed by atoms with Gasteiger partial charge in [-0.25, -0.2) is 14.8 Å². The molecule has 4 aromatic rings. The van der Waals surface area contributed by atoms with Gasteiger partial charge in [-0.1, -0.05) is 6.07 Å². The van der Waals surface area contributed by atoms with Crippen molar-refractivity contribution in [2.45, 2.75) is 13.1 Å². The zero-order valence-electron chi connectivity index (χ0n) is 19.0. The fraction of sp³-hybridized carbons (Fsp3) is 0.130. The summed E-state index contributed by atoms with van der Waals surface area (Å²) < 4.78 is 5.29. The molecule has 0 atom stereocenters. The molecule has 37 heavy (non-hydrogen) atoms. The van der Waals surface area contributed by atoms with Crippen molar-refractivity contribution in [1.29, 1.82) is 5.26 Å². The zero-order chi connectivity index (χ0) is 25.7. The lowest BCUT2D eigenvalue weighted by molar-refractivity contribution is -0.118. The second-order valence-electron chi connectivity index (χ2n) is 7.39. The van der Waals surface area contributed by atoms with Crippen LogP contribution in [0.4, 0.5) is 5.69 Å². The zero-order valence-corrected chi connectivity index (χ0v) is 20.6. The number of nitrogens with zero attached hydrogens (tertiary/aromatic N) is 3. The summed E-state index contributed by atoms with van der Waals surface area (Å²) in [6.07, 6.45) is 2.41. The molecular formula is C23H20ClN7O5S. The van der Waals surface area contributed by atoms with Crippen LogP contribution in [0.1, 0.15) is 36.2 Å². The summed E-state index contributed by atoms with van der Waals surface area (Å²) in [5.74, 6) is -1.31. The maximum absolute atomic E-state index is 12.5. The largest absolute Gasteiger partial charge is 0.482 e. The number of thiophene rings is 1. The quantitative estimate of drug-likeness (QED) is 0.252. The number of fused-ring (bicyclic) bond motifs is 2. The second kappa shape index (κ2) is 12.0. The summed E-state index contributed by atoms with van der Waals surface area (Å²) in [7, 11) is 0. The number of benzene rings is 1. The Morgan fingerprint density at radius 2 is 2.08 bits per heavy atom. The number of carbonyl (C=O) groups is 3. The number of hydrogen-bond donors (Lipinski definition) is 5. The van der Waals surface area contributed by atoms with Crippen LogP contribution in [0.25, 0.3) is 11.0 Å². The molecule has 2 amide bonds. The van der Waals surface area contributed by atoms with E-state index in [2.05, 4.69) is 25.6 Å². The molecule has 0 fully saturated rings. The summed E-state index contributed by atoms with van der Waals surface area (Å²) in [5, 5.41) is 22.9. The molecule has 14 heteroatoms. The first-order chi connectivity index (χ1) is 17.4. The Bertz CT molecular complexity index is 1510. The molecular weight excluding hydrogens is 522 g/mol. The van der Waals surface area contributed by atoms with E-state index in [1.165, 1.54) is 17.5 Å². The van der Waals surface area contributed by atoms with E-state index in [1.807, 2.05) is 12.1 Å². The van der Waals surface area contributed by atoms with Crippen LogP contribution in [0.5, 0.6) is 5.75 Å². The van der Waals surface area contributed by atoms with E-state index in [9.17, 15) is 14.4 Å². The minimum Gasteiger partial charge on any atom is -0.482 e. The first-order valence-electron chi connectivity index (χ1n) is 10.5. The Kier molecular flexibility index (Phi) is 8.75. The van der Waals surface area contributed by atoms with Crippen LogP contribution < -0.4 is 21.1 Å². The van der Waals surface area contributed by atoms with E-state index in [0.29, 0.717) is 18.0 Å². The van der Waals surface area contributed by atoms with Crippen LogP contribution in [0.3, 0.4) is 0 Å². The predicted molar refractivity (Wildman–Crippen MR) is 137 cm³/mol. The van der Waals surface area contributed by atoms with Crippen molar-refractivity contribution in [3.05, 3.63) is 69.4 Å². The number of carboxylic acids is 1. The first kappa shape index (κ1) is 27.1. The number of nitriles is 1. The maximum Gasteiger partial charge on any atom is 0.339 e. The fourth-order valence-electron chi connectivity index (χ4n) is 3.33. The van der Waals surface area contributed by atoms with Crippen LogP contribution in [-0.4, -0.2) is 44.4 Å². The third-order valence-corrected chi connectivity index (χ3v) is 6.02. The molecule has 3 aromatic heterocycles. The number of carboxylic acid groups (broad SMARTS) is 1. The molecule has 6 N–H and O–H groups in total. The molecule has 5 rings (SSSR count). The van der Waals surface area contributed by atoms with Crippen molar-refractivity contribution in [3.63, 3.8) is 0 Å². The number of halogens is 1. The molecule has 0 spiro atoms. The van der Waals surface area contributed by atoms with E-state index < -0.39 is 11.9 Å². The summed E-state index contributed by atoms with van der Waals surface area (Å²) in [6.45, 7) is 0.688. The van der Waals surface area contributed by atoms with Gasteiger partial charge in [-0.15, -0.1) is 23.7 Å². The number of aromatic carboxylic acids is 1. The highest BCUT2D eigenvalue weighted by Gasteiger charge is 2.20. The SMILES string of the molecule is Cl.N#Cc1ccc(CN)s1.O=C1COc2ccc(CNC(=O)c3ncnc4c(C(=O)O)c[nH]c34)cc2N1. The van der Waals surface area contributed by atoms with Crippen LogP contribution in [0, 0.1) is 11.3 Å². The second-order valence-corrected chi connectivity index (χ2v) is 8.55. The minimum absolute atomic E-state index is 0. The molecule has 12 nitrogen and oxygen atoms in total. The number of H-pyrrole nitrogens is 1. The van der Waals surface area contributed by atoms with Crippen LogP contribution >= 0.6 is 23.7 Å². The Morgan fingerprint density at radius 3 is 2.76 bits per heavy atom. The number of ether oxygens (including phenoxy) is 1. The molecule has 1 aromatic carbocycles. The third kappa shape index (κ3) is 6.19. The minimum atomic E-state index is -1.15. The average molecular weight is 542 g/mol. The number of amides is 2. The van der Waals surface area contributed by atoms with Gasteiger partial charge in [0.15, 0.2) is 12.3 Å². The van der Waals surface area contributed by atoms with Gasteiger partial charge in [-0.3, -0.25) is 9.59 Å². The summed E-state index contributed by atoms with van der Waals surface area (Å²) in [5.41, 5.74) is 7.02. The van der Waals surface area contributed by atoms with Gasteiger partial charge in [-0.05, 0) is 29.8 Å². The van der Waals surface area contributed by atoms with Gasteiger partial charge in [0.05, 0.1) is 11.2 Å². The topological polar surface area (TPSA) is 196 Å². The number of aromatic amines is 1. The lowest BCUT2D eigenvalue weighted by atomic mass is 10.1. The van der Waals surface area contributed by atoms with E-state index >= 15 is 0 Å². The number of nitrogens with one attached hydrogen (secondary N) is 3. The molecule has 0 saturated carbocycles. The van der Waals surface area contributed by atoms with Gasteiger partial charge in [0, 0.05) is 24.2 Å². The van der Waals surface area contributed by atoms with Crippen molar-refractivity contribution in [1.82, 2.24) is 20.3 Å². The molecule has 0 radical (unpaired) electrons. The van der Waals surface area contributed by atoms with Crippen LogP contribution in [0.2, 0.25) is 0 Å². The fourth-order valence-corrected chi connectivity index (χ4v) is 4.01. The predicted octanol–water partition coefficient (Wildman–Crippen LogP) is 2.42. The van der Waals surface area contributed by atoms with Gasteiger partial charge < -0.3 is 31.2 Å². The molecule has 1 aliphatic rings. The highest BCUT2D eigenvalue weighted by atomic mass is 35.5. The number of aromatic nitrogens is 3. The standard InChI is InChI=1S/C17H13N5O5.C6H6N2S.ClH/c23-12-6-27-11-2-1-8(3-10(11)22-12)4-19-16(24)15-14-13(20-7-21-15)9(5-18-14)17(25)26;7-3-5-1-2-6(4-8)9-5;/h1-3,5,7,18H,4,6H2,(H,19,24)(H,22,23)(H,25,26);1-2H,3,7H2;1H. The van der Waals surface area contributed by atoms with Crippen molar-refractivity contribution in [2.24, 2.45) is 5.73 Å². The van der Waals surface area contributed by atoms with Crippen molar-refractivity contribution < 1.29 is 24.2 Å². The lowest BCUT2D eigenvalue weighted by Crippen LogP contribution is -2.26. The first-order valence-corrected chi connectivity index (χ1v) is 11.3. The summed E-state index contributed by atoms with van der Waals surface area (Å²) in [6, 6.07) is 10.9. The van der Waals surface area contributed by atoms with Gasteiger partial charge in [0.2, 0.25) is 0 Å². The monoisotopic (exact) mass is 541 g/mol. The van der Waals surface area contributed by atoms with E-state index in [-0.39, 0.29) is 53.8 Å². The normalized spacial score (nSPS) is 11.5. The van der Waals surface area contributed by atoms with E-state index in [0.717, 1.165) is 21.6 Å². The molecule has 0 saturated heterocycles. The Balaban J connectivity index is 0.000000324. The Labute approximate surface area is 219 Å². The van der Waals surface area contributed by atoms with Crippen molar-refractivity contribution >= 4 is 58.2 Å². The number of anilines is 1. The summed E-state index contributed by atoms with van der Waals surface area (Å²) >= 11 is 1.45. The molecule has 0 aliphatic carbocycles. The highest BCUT2D eigenvalue weighted by Crippen LogP contribution is 2.28. The summed E-state index contributed by atoms with van der Waals surface area (Å²) in [4.78, 5) is 47.5. The van der Waals surface area contributed by atoms with Crippen molar-refractivity contribution in [3.8, 4) is 11.8 Å². The Morgan fingerprint density at radius 1 is 1.27 bits per heavy atom. The molecule has 0 bridgehead atoms. The average Bonchev–Trinajstić information content (AvgIpc) is 3.54. The number of carbonyl (C=O) groups excluding carboxylic acids is 2. The van der Waals surface area contributed by atoms with E-state index in [1.54, 1.807) is 24.3 Å². The van der Waals surface area contributed by atoms with Gasteiger partial charge in [0.25, 0.3) is 11.8 Å². The number of rotatable bonds is 5. The van der Waals surface area contributed by atoms with Crippen LogP contribution in [-0.2, 0) is 17.9 Å². The van der Waals surface area contributed by atoms with Gasteiger partial charge in [0.1, 0.15) is 34.1 Å².